The number of ether oxygens (including phenoxy) is 4. The summed E-state index contributed by atoms with van der Waals surface area (Å²) in [5, 5.41) is 6.61. The van der Waals surface area contributed by atoms with Crippen molar-refractivity contribution in [2.24, 2.45) is 17.8 Å². The molecule has 6 heterocycles. The van der Waals surface area contributed by atoms with Crippen LogP contribution in [0.4, 0.5) is 4.39 Å². The number of alkyl halides is 1. The number of fused-ring (bicyclic) bond motifs is 5. The van der Waals surface area contributed by atoms with Crippen LogP contribution >= 0.6 is 0 Å². The molecule has 53 heavy (non-hydrogen) atoms. The number of hydrogen-bond donors (Lipinski definition) is 2. The van der Waals surface area contributed by atoms with Crippen LogP contribution in [-0.4, -0.2) is 177 Å². The predicted octanol–water partition coefficient (Wildman–Crippen LogP) is 0.715. The molecular formula is C39H59FN6O7. The zero-order chi connectivity index (χ0) is 36.1. The molecule has 294 valence electrons. The summed E-state index contributed by atoms with van der Waals surface area (Å²) in [6.45, 7) is 8.86. The number of hydrogen-bond acceptors (Lipinski definition) is 11. The topological polar surface area (TPSA) is 125 Å². The third-order valence-corrected chi connectivity index (χ3v) is 14.2. The highest BCUT2D eigenvalue weighted by Crippen LogP contribution is 2.53. The number of rotatable bonds is 9. The number of carbonyl (C=O) groups excluding carboxylic acids is 3. The number of ketones is 1. The minimum absolute atomic E-state index is 0.0104. The van der Waals surface area contributed by atoms with Crippen LogP contribution in [0.3, 0.4) is 0 Å². The molecule has 0 spiro atoms. The van der Waals surface area contributed by atoms with Gasteiger partial charge in [0.2, 0.25) is 5.91 Å². The molecule has 0 bridgehead atoms. The van der Waals surface area contributed by atoms with Gasteiger partial charge in [0.25, 0.3) is 5.91 Å². The summed E-state index contributed by atoms with van der Waals surface area (Å²) >= 11 is 0. The van der Waals surface area contributed by atoms with Gasteiger partial charge in [-0.2, -0.15) is 0 Å². The van der Waals surface area contributed by atoms with E-state index in [0.29, 0.717) is 70.3 Å². The number of morpholine rings is 3. The van der Waals surface area contributed by atoms with Crippen molar-refractivity contribution in [1.82, 2.24) is 30.2 Å². The van der Waals surface area contributed by atoms with E-state index in [1.54, 1.807) is 4.90 Å². The Balaban J connectivity index is 0.897. The smallest absolute Gasteiger partial charge is 0.259 e. The Morgan fingerprint density at radius 1 is 0.830 bits per heavy atom. The molecule has 5 saturated heterocycles. The molecular weight excluding hydrogens is 683 g/mol. The van der Waals surface area contributed by atoms with E-state index in [2.05, 4.69) is 25.3 Å². The number of nitrogens with zero attached hydrogens (tertiary/aromatic N) is 4. The van der Waals surface area contributed by atoms with Crippen LogP contribution in [0.1, 0.15) is 57.8 Å². The zero-order valence-corrected chi connectivity index (χ0v) is 31.1. The molecule has 8 fully saturated rings. The van der Waals surface area contributed by atoms with Crippen LogP contribution in [0.25, 0.3) is 0 Å². The van der Waals surface area contributed by atoms with Crippen molar-refractivity contribution in [3.05, 3.63) is 11.8 Å². The first-order chi connectivity index (χ1) is 25.9. The van der Waals surface area contributed by atoms with Gasteiger partial charge in [0.05, 0.1) is 74.5 Å². The second-order valence-corrected chi connectivity index (χ2v) is 17.1. The molecule has 9 rings (SSSR count). The predicted molar refractivity (Wildman–Crippen MR) is 192 cm³/mol. The Bertz CT molecular complexity index is 1390. The number of nitrogens with one attached hydrogen (secondary N) is 2. The van der Waals surface area contributed by atoms with E-state index in [1.165, 1.54) is 19.3 Å². The Labute approximate surface area is 312 Å². The maximum atomic E-state index is 16.8. The lowest BCUT2D eigenvalue weighted by Crippen LogP contribution is -2.73. The molecule has 13 nitrogen and oxygen atoms in total. The lowest BCUT2D eigenvalue weighted by atomic mass is 9.67. The van der Waals surface area contributed by atoms with E-state index in [0.717, 1.165) is 65.1 Å². The fourth-order valence-electron chi connectivity index (χ4n) is 11.6. The van der Waals surface area contributed by atoms with Gasteiger partial charge in [-0.1, -0.05) is 12.8 Å². The van der Waals surface area contributed by atoms with E-state index >= 15 is 4.39 Å². The van der Waals surface area contributed by atoms with E-state index < -0.39 is 24.2 Å². The summed E-state index contributed by atoms with van der Waals surface area (Å²) < 4.78 is 41.6. The molecule has 9 aliphatic rings. The van der Waals surface area contributed by atoms with Gasteiger partial charge in [-0.3, -0.25) is 24.2 Å². The SMILES string of the molecule is O=C(CCNCCN1CCOCC1)N[C@@H]1CCN(C2C(F)CC3C(=O)C(C(=O)N4CCOCC4)=CN4C5CC6OC7CCCCC7C6CC5OC2C34)C1. The average molecular weight is 743 g/mol. The Morgan fingerprint density at radius 3 is 2.45 bits per heavy atom. The maximum absolute atomic E-state index is 16.8. The first-order valence-corrected chi connectivity index (χ1v) is 20.8. The number of Topliss-reactive ketones (excluding diaryl/α,β-unsaturated/α-hetero) is 1. The number of amides is 2. The third kappa shape index (κ3) is 7.19. The molecule has 2 amide bonds. The highest BCUT2D eigenvalue weighted by Gasteiger charge is 2.62. The minimum Gasteiger partial charge on any atom is -0.379 e. The van der Waals surface area contributed by atoms with Crippen LogP contribution < -0.4 is 10.6 Å². The molecule has 12 atom stereocenters. The van der Waals surface area contributed by atoms with Gasteiger partial charge in [0, 0.05) is 83.5 Å². The molecule has 3 saturated carbocycles. The first-order valence-electron chi connectivity index (χ1n) is 20.8. The first kappa shape index (κ1) is 36.4. The molecule has 3 aliphatic carbocycles. The summed E-state index contributed by atoms with van der Waals surface area (Å²) in [6.07, 6.45) is 7.96. The molecule has 14 heteroatoms. The van der Waals surface area contributed by atoms with Gasteiger partial charge in [-0.25, -0.2) is 4.39 Å². The van der Waals surface area contributed by atoms with Crippen LogP contribution in [0.2, 0.25) is 0 Å². The van der Waals surface area contributed by atoms with E-state index in [4.69, 9.17) is 18.9 Å². The second-order valence-electron chi connectivity index (χ2n) is 17.1. The lowest BCUT2D eigenvalue weighted by Gasteiger charge is -2.61. The van der Waals surface area contributed by atoms with Crippen LogP contribution in [0.5, 0.6) is 0 Å². The third-order valence-electron chi connectivity index (χ3n) is 14.2. The van der Waals surface area contributed by atoms with Crippen molar-refractivity contribution in [3.63, 3.8) is 0 Å². The van der Waals surface area contributed by atoms with Crippen molar-refractivity contribution in [2.75, 3.05) is 85.3 Å². The summed E-state index contributed by atoms with van der Waals surface area (Å²) in [4.78, 5) is 49.7. The van der Waals surface area contributed by atoms with Crippen molar-refractivity contribution in [3.8, 4) is 0 Å². The van der Waals surface area contributed by atoms with Gasteiger partial charge in [-0.15, -0.1) is 0 Å². The van der Waals surface area contributed by atoms with E-state index in [9.17, 15) is 14.4 Å². The fourth-order valence-corrected chi connectivity index (χ4v) is 11.6. The highest BCUT2D eigenvalue weighted by molar-refractivity contribution is 6.20. The summed E-state index contributed by atoms with van der Waals surface area (Å²) in [5.74, 6) is -0.206. The summed E-state index contributed by atoms with van der Waals surface area (Å²) in [6, 6.07) is -0.973. The summed E-state index contributed by atoms with van der Waals surface area (Å²) in [7, 11) is 0. The van der Waals surface area contributed by atoms with E-state index in [1.807, 2.05) is 6.20 Å². The van der Waals surface area contributed by atoms with Gasteiger partial charge in [0.1, 0.15) is 6.17 Å². The second kappa shape index (κ2) is 15.7. The quantitative estimate of drug-likeness (QED) is 0.257. The van der Waals surface area contributed by atoms with Crippen molar-refractivity contribution >= 4 is 17.6 Å². The molecule has 11 unspecified atom stereocenters. The van der Waals surface area contributed by atoms with Crippen molar-refractivity contribution in [1.29, 1.82) is 0 Å². The number of carbonyl (C=O) groups is 3. The molecule has 0 radical (unpaired) electrons. The maximum Gasteiger partial charge on any atom is 0.259 e. The van der Waals surface area contributed by atoms with Crippen molar-refractivity contribution < 1.29 is 37.7 Å². The zero-order valence-electron chi connectivity index (χ0n) is 31.1. The largest absolute Gasteiger partial charge is 0.379 e. The molecule has 2 N–H and O–H groups in total. The van der Waals surface area contributed by atoms with Crippen LogP contribution in [0.15, 0.2) is 11.8 Å². The van der Waals surface area contributed by atoms with E-state index in [-0.39, 0.29) is 59.9 Å². The lowest BCUT2D eigenvalue weighted by molar-refractivity contribution is -0.220. The van der Waals surface area contributed by atoms with Gasteiger partial charge < -0.3 is 39.4 Å². The minimum atomic E-state index is -1.29. The van der Waals surface area contributed by atoms with Gasteiger partial charge in [0.15, 0.2) is 5.78 Å². The Hall–Kier alpha value is -2.20. The number of halogens is 1. The molecule has 6 aliphatic heterocycles. The summed E-state index contributed by atoms with van der Waals surface area (Å²) in [5.41, 5.74) is 0.181. The van der Waals surface area contributed by atoms with Gasteiger partial charge >= 0.3 is 0 Å². The van der Waals surface area contributed by atoms with Gasteiger partial charge in [-0.05, 0) is 50.4 Å². The molecule has 0 aromatic heterocycles. The fraction of sp³-hybridized carbons (Fsp3) is 0.872. The highest BCUT2D eigenvalue weighted by atomic mass is 19.1. The normalized spacial score (nSPS) is 41.6. The molecule has 0 aromatic carbocycles. The van der Waals surface area contributed by atoms with Crippen molar-refractivity contribution in [2.45, 2.75) is 113 Å². The number of likely N-dealkylation sites (tertiary alicyclic amines) is 1. The standard InChI is InChI=1S/C39H59FN6O7/c40-29-19-27-35-38(36(29)45-9-6-24(22-45)42-34(47)5-7-41-8-10-43-11-15-50-16-12-43)53-33-20-26-25-3-1-2-4-31(25)52-32(26)21-30(33)46(35)23-28(37(27)48)39(49)44-13-17-51-18-14-44/h23-27,29-33,35-36,38,41H,1-22H2,(H,42,47)/t24-,25?,26?,27?,29?,30?,31?,32?,33?,35?,36?,38?/m1/s1. The van der Waals surface area contributed by atoms with Crippen LogP contribution in [-0.2, 0) is 33.3 Å². The Morgan fingerprint density at radius 2 is 1.62 bits per heavy atom. The van der Waals surface area contributed by atoms with Crippen LogP contribution in [0, 0.1) is 17.8 Å². The Kier molecular flexibility index (Phi) is 10.8. The average Bonchev–Trinajstić information content (AvgIpc) is 3.79. The molecule has 0 aromatic rings. The monoisotopic (exact) mass is 742 g/mol.